The number of hydrogen-bond donors (Lipinski definition) is 1. The van der Waals surface area contributed by atoms with Crippen LogP contribution in [0.4, 0.5) is 11.4 Å². The highest BCUT2D eigenvalue weighted by Gasteiger charge is 2.24. The Morgan fingerprint density at radius 2 is 1.87 bits per heavy atom. The highest BCUT2D eigenvalue weighted by atomic mass is 32.2. The molecular formula is C20H31N3O6S. The summed E-state index contributed by atoms with van der Waals surface area (Å²) in [5, 5.41) is 14.2. The maximum absolute atomic E-state index is 12.4. The van der Waals surface area contributed by atoms with E-state index in [1.165, 1.54) is 44.6 Å². The van der Waals surface area contributed by atoms with Crippen LogP contribution in [0, 0.1) is 10.1 Å². The van der Waals surface area contributed by atoms with Gasteiger partial charge in [-0.05, 0) is 25.3 Å². The van der Waals surface area contributed by atoms with Crippen LogP contribution in [0.5, 0.6) is 5.75 Å². The first-order valence-electron chi connectivity index (χ1n) is 10.3. The van der Waals surface area contributed by atoms with Gasteiger partial charge in [0.05, 0.1) is 18.3 Å². The molecule has 1 aromatic rings. The van der Waals surface area contributed by atoms with Crippen molar-refractivity contribution in [2.24, 2.45) is 0 Å². The van der Waals surface area contributed by atoms with E-state index in [4.69, 9.17) is 4.74 Å². The third kappa shape index (κ3) is 7.16. The first-order valence-corrected chi connectivity index (χ1v) is 12.2. The molecule has 1 N–H and O–H groups in total. The molecule has 1 aromatic carbocycles. The molecular weight excluding hydrogens is 410 g/mol. The summed E-state index contributed by atoms with van der Waals surface area (Å²) in [5.74, 6) is 0.116. The molecule has 2 rings (SSSR count). The van der Waals surface area contributed by atoms with Crippen molar-refractivity contribution in [3.63, 3.8) is 0 Å². The van der Waals surface area contributed by atoms with Gasteiger partial charge in [-0.2, -0.15) is 0 Å². The Labute approximate surface area is 178 Å². The van der Waals surface area contributed by atoms with Crippen molar-refractivity contribution in [2.45, 2.75) is 63.8 Å². The monoisotopic (exact) mass is 441 g/mol. The third-order valence-corrected chi connectivity index (χ3v) is 6.46. The number of nitro groups is 1. The van der Waals surface area contributed by atoms with Crippen molar-refractivity contribution in [1.82, 2.24) is 5.32 Å². The molecule has 1 aliphatic rings. The van der Waals surface area contributed by atoms with E-state index in [0.29, 0.717) is 0 Å². The fraction of sp³-hybridized carbons (Fsp3) is 0.650. The molecule has 0 bridgehead atoms. The molecule has 1 aliphatic carbocycles. The standard InChI is InChI=1S/C20H31N3O6S/c1-29-19-13-12-17(23(25)26)15-18(19)22(30(2,27)28)14-8-11-20(24)21-16-9-6-4-3-5-7-10-16/h12-13,15-16H,3-11,14H2,1-2H3,(H,21,24). The number of nitro benzene ring substituents is 1. The SMILES string of the molecule is COc1ccc([N+](=O)[O-])cc1N(CCCC(=O)NC1CCCCCCC1)S(C)(=O)=O. The number of ether oxygens (including phenoxy) is 1. The summed E-state index contributed by atoms with van der Waals surface area (Å²) < 4.78 is 30.9. The van der Waals surface area contributed by atoms with Crippen LogP contribution in [0.15, 0.2) is 18.2 Å². The van der Waals surface area contributed by atoms with Gasteiger partial charge in [0.15, 0.2) is 0 Å². The van der Waals surface area contributed by atoms with Gasteiger partial charge in [-0.25, -0.2) is 8.42 Å². The van der Waals surface area contributed by atoms with Crippen LogP contribution >= 0.6 is 0 Å². The molecule has 0 saturated heterocycles. The maximum Gasteiger partial charge on any atom is 0.271 e. The number of rotatable bonds is 9. The molecule has 0 unspecified atom stereocenters. The van der Waals surface area contributed by atoms with Gasteiger partial charge >= 0.3 is 0 Å². The highest BCUT2D eigenvalue weighted by molar-refractivity contribution is 7.92. The zero-order valence-corrected chi connectivity index (χ0v) is 18.4. The Bertz CT molecular complexity index is 835. The summed E-state index contributed by atoms with van der Waals surface area (Å²) >= 11 is 0. The van der Waals surface area contributed by atoms with E-state index in [1.54, 1.807) is 0 Å². The molecule has 1 fully saturated rings. The largest absolute Gasteiger partial charge is 0.495 e. The van der Waals surface area contributed by atoms with Gasteiger partial charge in [-0.15, -0.1) is 0 Å². The number of amides is 1. The molecule has 0 aliphatic heterocycles. The number of nitrogens with one attached hydrogen (secondary N) is 1. The number of carbonyl (C=O) groups excluding carboxylic acids is 1. The highest BCUT2D eigenvalue weighted by Crippen LogP contribution is 2.33. The molecule has 168 valence electrons. The van der Waals surface area contributed by atoms with Gasteiger partial charge in [-0.1, -0.05) is 32.1 Å². The Morgan fingerprint density at radius 3 is 2.43 bits per heavy atom. The lowest BCUT2D eigenvalue weighted by Gasteiger charge is -2.24. The van der Waals surface area contributed by atoms with E-state index >= 15 is 0 Å². The van der Waals surface area contributed by atoms with E-state index in [-0.39, 0.29) is 48.5 Å². The van der Waals surface area contributed by atoms with Gasteiger partial charge < -0.3 is 10.1 Å². The molecule has 30 heavy (non-hydrogen) atoms. The summed E-state index contributed by atoms with van der Waals surface area (Å²) in [6, 6.07) is 3.98. The molecule has 1 amide bonds. The Kier molecular flexibility index (Phi) is 8.88. The van der Waals surface area contributed by atoms with Crippen LogP contribution in [0.1, 0.15) is 57.8 Å². The van der Waals surface area contributed by atoms with Crippen molar-refractivity contribution in [3.05, 3.63) is 28.3 Å². The van der Waals surface area contributed by atoms with E-state index in [9.17, 15) is 23.3 Å². The smallest absolute Gasteiger partial charge is 0.271 e. The molecule has 0 atom stereocenters. The summed E-state index contributed by atoms with van der Waals surface area (Å²) in [4.78, 5) is 22.9. The van der Waals surface area contributed by atoms with Crippen LogP contribution in [-0.4, -0.2) is 45.2 Å². The van der Waals surface area contributed by atoms with Crippen LogP contribution in [0.3, 0.4) is 0 Å². The number of non-ortho nitro benzene ring substituents is 1. The number of anilines is 1. The fourth-order valence-electron chi connectivity index (χ4n) is 3.74. The van der Waals surface area contributed by atoms with Crippen molar-refractivity contribution in [1.29, 1.82) is 0 Å². The van der Waals surface area contributed by atoms with Crippen molar-refractivity contribution in [3.8, 4) is 5.75 Å². The lowest BCUT2D eigenvalue weighted by atomic mass is 9.96. The number of carbonyl (C=O) groups is 1. The number of sulfonamides is 1. The molecule has 0 heterocycles. The second kappa shape index (κ2) is 11.1. The molecule has 1 saturated carbocycles. The fourth-order valence-corrected chi connectivity index (χ4v) is 4.70. The van der Waals surface area contributed by atoms with Crippen LogP contribution < -0.4 is 14.4 Å². The summed E-state index contributed by atoms with van der Waals surface area (Å²) in [5.41, 5.74) is -0.142. The lowest BCUT2D eigenvalue weighted by molar-refractivity contribution is -0.384. The zero-order chi connectivity index (χ0) is 22.1. The average Bonchev–Trinajstić information content (AvgIpc) is 2.65. The van der Waals surface area contributed by atoms with Crippen LogP contribution in [-0.2, 0) is 14.8 Å². The van der Waals surface area contributed by atoms with Crippen LogP contribution in [0.2, 0.25) is 0 Å². The van der Waals surface area contributed by atoms with Gasteiger partial charge in [0.25, 0.3) is 5.69 Å². The van der Waals surface area contributed by atoms with E-state index in [2.05, 4.69) is 5.32 Å². The van der Waals surface area contributed by atoms with Gasteiger partial charge in [0.2, 0.25) is 15.9 Å². The van der Waals surface area contributed by atoms with Gasteiger partial charge in [0, 0.05) is 31.1 Å². The molecule has 9 nitrogen and oxygen atoms in total. The molecule has 0 aromatic heterocycles. The molecule has 10 heteroatoms. The predicted molar refractivity (Wildman–Crippen MR) is 115 cm³/mol. The minimum absolute atomic E-state index is 0.0223. The number of hydrogen-bond acceptors (Lipinski definition) is 6. The average molecular weight is 442 g/mol. The summed E-state index contributed by atoms with van der Waals surface area (Å²) in [7, 11) is -2.36. The molecule has 0 radical (unpaired) electrons. The van der Waals surface area contributed by atoms with Crippen LogP contribution in [0.25, 0.3) is 0 Å². The van der Waals surface area contributed by atoms with E-state index in [0.717, 1.165) is 36.2 Å². The first-order chi connectivity index (χ1) is 14.2. The van der Waals surface area contributed by atoms with Gasteiger partial charge in [0.1, 0.15) is 11.4 Å². The second-order valence-electron chi connectivity index (χ2n) is 7.66. The topological polar surface area (TPSA) is 119 Å². The maximum atomic E-state index is 12.4. The minimum Gasteiger partial charge on any atom is -0.495 e. The predicted octanol–water partition coefficient (Wildman–Crippen LogP) is 3.38. The minimum atomic E-state index is -3.73. The number of methoxy groups -OCH3 is 1. The van der Waals surface area contributed by atoms with Crippen molar-refractivity contribution < 1.29 is 22.9 Å². The van der Waals surface area contributed by atoms with E-state index < -0.39 is 14.9 Å². The Morgan fingerprint density at radius 1 is 1.23 bits per heavy atom. The van der Waals surface area contributed by atoms with Gasteiger partial charge in [-0.3, -0.25) is 19.2 Å². The number of benzene rings is 1. The first kappa shape index (κ1) is 23.9. The number of nitrogens with zero attached hydrogens (tertiary/aromatic N) is 2. The lowest BCUT2D eigenvalue weighted by Crippen LogP contribution is -2.36. The van der Waals surface area contributed by atoms with Crippen molar-refractivity contribution in [2.75, 3.05) is 24.2 Å². The zero-order valence-electron chi connectivity index (χ0n) is 17.6. The summed E-state index contributed by atoms with van der Waals surface area (Å²) in [6.07, 6.45) is 9.32. The normalized spacial score (nSPS) is 15.7. The van der Waals surface area contributed by atoms with Crippen molar-refractivity contribution >= 4 is 27.3 Å². The summed E-state index contributed by atoms with van der Waals surface area (Å²) in [6.45, 7) is 0.0223. The Hall–Kier alpha value is -2.36. The second-order valence-corrected chi connectivity index (χ2v) is 9.57. The Balaban J connectivity index is 2.03. The van der Waals surface area contributed by atoms with E-state index in [1.807, 2.05) is 0 Å². The molecule has 0 spiro atoms. The quantitative estimate of drug-likeness (QED) is 0.463. The third-order valence-electron chi connectivity index (χ3n) is 5.28.